The smallest absolute Gasteiger partial charge is 0.370 e. The van der Waals surface area contributed by atoms with Gasteiger partial charge in [-0.1, -0.05) is 69.0 Å². The van der Waals surface area contributed by atoms with Crippen molar-refractivity contribution in [1.29, 1.82) is 0 Å². The molecule has 394 valence electrons. The third-order valence-corrected chi connectivity index (χ3v) is 15.4. The molecule has 4 aliphatic rings. The lowest BCUT2D eigenvalue weighted by molar-refractivity contribution is -0.158. The number of thiophene rings is 1. The predicted octanol–water partition coefficient (Wildman–Crippen LogP) is 3.26. The van der Waals surface area contributed by atoms with Crippen molar-refractivity contribution in [2.45, 2.75) is 76.3 Å². The van der Waals surface area contributed by atoms with Crippen LogP contribution < -0.4 is 16.0 Å². The van der Waals surface area contributed by atoms with Crippen LogP contribution in [0.1, 0.15) is 99.6 Å². The molecule has 2 unspecified atom stereocenters. The number of alkyl halides is 2. The summed E-state index contributed by atoms with van der Waals surface area (Å²) in [5, 5.41) is 7.67. The first kappa shape index (κ1) is 54.1. The van der Waals surface area contributed by atoms with Crippen LogP contribution in [0.4, 0.5) is 8.78 Å². The first-order valence-corrected chi connectivity index (χ1v) is 26.3. The predicted molar refractivity (Wildman–Crippen MR) is 265 cm³/mol. The molecule has 0 bridgehead atoms. The van der Waals surface area contributed by atoms with Crippen molar-refractivity contribution in [3.8, 4) is 11.8 Å². The van der Waals surface area contributed by atoms with Gasteiger partial charge in [-0.2, -0.15) is 8.78 Å². The molecule has 20 nitrogen and oxygen atoms in total. The minimum atomic E-state index is -5.88. The molecular weight excluding hydrogens is 1020 g/mol. The summed E-state index contributed by atoms with van der Waals surface area (Å²) in [5.41, 5.74) is -5.04. The molecule has 1 aromatic heterocycles. The number of nitrogens with one attached hydrogen (secondary N) is 3. The summed E-state index contributed by atoms with van der Waals surface area (Å²) < 4.78 is 47.1. The van der Waals surface area contributed by atoms with Crippen molar-refractivity contribution < 1.29 is 71.0 Å². The second kappa shape index (κ2) is 21.6. The zero-order valence-electron chi connectivity index (χ0n) is 40.8. The van der Waals surface area contributed by atoms with Gasteiger partial charge in [-0.05, 0) is 59.2 Å². The van der Waals surface area contributed by atoms with Crippen LogP contribution in [0.25, 0.3) is 10.1 Å². The maximum absolute atomic E-state index is 14.8. The number of carbonyl (C=O) groups excluding carboxylic acids is 9. The lowest BCUT2D eigenvalue weighted by atomic mass is 9.85. The van der Waals surface area contributed by atoms with Crippen molar-refractivity contribution in [3.63, 3.8) is 0 Å². The van der Waals surface area contributed by atoms with Crippen LogP contribution in [-0.2, 0) is 43.7 Å². The molecule has 9 amide bonds. The Morgan fingerprint density at radius 1 is 0.907 bits per heavy atom. The maximum atomic E-state index is 14.8. The summed E-state index contributed by atoms with van der Waals surface area (Å²) >= 11 is 0.907. The van der Waals surface area contributed by atoms with E-state index in [4.69, 9.17) is 4.74 Å². The molecular formula is C51H52F2N7O13PS. The number of carbonyl (C=O) groups is 9. The SMILES string of the molecule is CC(C)(C)[C@H](NC(=O)c1cc2cc(C(F)(F)P(=O)(O)O)ccc2s1)C(=O)N1CCN(C(=O)CC(=O)NCCC#Cc2ccc3c(c2)C(=O)N(C2CCC(=O)NC2=O)C3=O)C[C@H]1C(=O)N1CCOC(c2ccccc2)C1. The highest BCUT2D eigenvalue weighted by Gasteiger charge is 2.51. The van der Waals surface area contributed by atoms with Crippen LogP contribution in [0.3, 0.4) is 0 Å². The number of piperazine rings is 1. The topological polar surface area (TPSA) is 269 Å². The molecule has 4 aliphatic heterocycles. The van der Waals surface area contributed by atoms with Gasteiger partial charge in [0.2, 0.25) is 35.4 Å². The van der Waals surface area contributed by atoms with E-state index in [1.54, 1.807) is 25.7 Å². The van der Waals surface area contributed by atoms with E-state index in [2.05, 4.69) is 27.8 Å². The Labute approximate surface area is 432 Å². The van der Waals surface area contributed by atoms with E-state index in [9.17, 15) is 66.3 Å². The summed E-state index contributed by atoms with van der Waals surface area (Å²) in [6, 6.07) is 14.2. The Kier molecular flexibility index (Phi) is 15.5. The van der Waals surface area contributed by atoms with E-state index in [0.29, 0.717) is 10.3 Å². The van der Waals surface area contributed by atoms with Gasteiger partial charge in [-0.25, -0.2) is 0 Å². The maximum Gasteiger partial charge on any atom is 0.399 e. The molecule has 4 atom stereocenters. The summed E-state index contributed by atoms with van der Waals surface area (Å²) in [6.07, 6.45) is -0.978. The molecule has 3 saturated heterocycles. The second-order valence-corrected chi connectivity index (χ2v) is 22.2. The number of piperidine rings is 1. The highest BCUT2D eigenvalue weighted by atomic mass is 32.1. The van der Waals surface area contributed by atoms with Crippen LogP contribution in [0.15, 0.2) is 72.8 Å². The molecule has 3 fully saturated rings. The van der Waals surface area contributed by atoms with E-state index >= 15 is 0 Å². The van der Waals surface area contributed by atoms with Crippen molar-refractivity contribution in [2.24, 2.45) is 5.41 Å². The highest BCUT2D eigenvalue weighted by Crippen LogP contribution is 2.59. The summed E-state index contributed by atoms with van der Waals surface area (Å²) in [7, 11) is -5.88. The lowest BCUT2D eigenvalue weighted by Crippen LogP contribution is -2.66. The second-order valence-electron chi connectivity index (χ2n) is 19.4. The van der Waals surface area contributed by atoms with Gasteiger partial charge in [0.25, 0.3) is 17.7 Å². The van der Waals surface area contributed by atoms with E-state index in [0.717, 1.165) is 33.9 Å². The molecule has 75 heavy (non-hydrogen) atoms. The zero-order chi connectivity index (χ0) is 54.1. The average molecular weight is 1070 g/mol. The highest BCUT2D eigenvalue weighted by molar-refractivity contribution is 7.52. The summed E-state index contributed by atoms with van der Waals surface area (Å²) in [5.74, 6) is 0.0506. The van der Waals surface area contributed by atoms with Gasteiger partial charge < -0.3 is 39.9 Å². The number of halogens is 2. The van der Waals surface area contributed by atoms with Gasteiger partial charge in [0, 0.05) is 54.8 Å². The zero-order valence-corrected chi connectivity index (χ0v) is 42.5. The van der Waals surface area contributed by atoms with Crippen molar-refractivity contribution >= 4 is 82.2 Å². The Balaban J connectivity index is 0.928. The van der Waals surface area contributed by atoms with E-state index < -0.39 is 108 Å². The molecule has 3 aromatic carbocycles. The molecule has 0 saturated carbocycles. The minimum absolute atomic E-state index is 0.00873. The number of benzene rings is 3. The average Bonchev–Trinajstić information content (AvgIpc) is 3.91. The summed E-state index contributed by atoms with van der Waals surface area (Å²) in [6.45, 7) is 5.06. The first-order valence-electron chi connectivity index (χ1n) is 23.9. The Morgan fingerprint density at radius 2 is 1.64 bits per heavy atom. The van der Waals surface area contributed by atoms with Gasteiger partial charge in [-0.3, -0.25) is 57.9 Å². The normalized spacial score (nSPS) is 19.7. The van der Waals surface area contributed by atoms with Crippen molar-refractivity contribution in [2.75, 3.05) is 45.9 Å². The van der Waals surface area contributed by atoms with Gasteiger partial charge in [-0.15, -0.1) is 11.3 Å². The molecule has 0 spiro atoms. The molecule has 0 aliphatic carbocycles. The largest absolute Gasteiger partial charge is 0.399 e. The van der Waals surface area contributed by atoms with Gasteiger partial charge in [0.15, 0.2) is 0 Å². The third kappa shape index (κ3) is 11.5. The molecule has 0 radical (unpaired) electrons. The number of amides is 9. The number of imide groups is 2. The number of rotatable bonds is 12. The van der Waals surface area contributed by atoms with E-state index in [1.165, 1.54) is 40.1 Å². The van der Waals surface area contributed by atoms with Crippen molar-refractivity contribution in [1.82, 2.24) is 35.6 Å². The Bertz CT molecular complexity index is 3130. The van der Waals surface area contributed by atoms with Crippen LogP contribution in [0.2, 0.25) is 0 Å². The number of nitrogens with zero attached hydrogens (tertiary/aromatic N) is 4. The quantitative estimate of drug-likeness (QED) is 0.0449. The fourth-order valence-corrected chi connectivity index (χ4v) is 10.7. The Hall–Kier alpha value is -7.22. The van der Waals surface area contributed by atoms with Crippen LogP contribution in [-0.4, -0.2) is 147 Å². The van der Waals surface area contributed by atoms with Crippen LogP contribution >= 0.6 is 18.9 Å². The van der Waals surface area contributed by atoms with Crippen LogP contribution in [0, 0.1) is 17.3 Å². The molecule has 24 heteroatoms. The van der Waals surface area contributed by atoms with E-state index in [-0.39, 0.29) is 86.5 Å². The molecule has 4 aromatic rings. The standard InChI is InChI=1S/C51H52F2N7O13PS/c1-50(2,3)43(56-45(65)39-25-31-24-32(13-16-38(31)75-39)51(52,53)74(70,71)72)49(69)59-20-19-57(27-36(59)48(68)58-21-22-73-37(28-58)30-10-5-4-6-11-30)42(63)26-41(62)54-18-8-7-9-29-12-14-33-34(23-29)47(67)60(46(33)66)35-15-17-40(61)55-44(35)64/h4-6,10-14,16,23-25,35-37,43H,8,15,17-22,26-28H2,1-3H3,(H,54,62)(H,56,65)(H,55,61,64)(H2,70,71,72)/t35?,36-,37?,43+/m0/s1. The lowest BCUT2D eigenvalue weighted by Gasteiger charge is -2.45. The van der Waals surface area contributed by atoms with E-state index in [1.807, 2.05) is 30.3 Å². The molecule has 5 N–H and O–H groups in total. The number of morpholine rings is 1. The van der Waals surface area contributed by atoms with Gasteiger partial charge in [0.1, 0.15) is 30.7 Å². The fraction of sp³-hybridized carbons (Fsp3) is 0.392. The monoisotopic (exact) mass is 1070 g/mol. The van der Waals surface area contributed by atoms with Gasteiger partial charge >= 0.3 is 13.3 Å². The van der Waals surface area contributed by atoms with Gasteiger partial charge in [0.05, 0.1) is 35.7 Å². The number of ether oxygens (including phenoxy) is 1. The number of hydrogen-bond donors (Lipinski definition) is 5. The molecule has 8 rings (SSSR count). The van der Waals surface area contributed by atoms with Crippen LogP contribution in [0.5, 0.6) is 0 Å². The Morgan fingerprint density at radius 3 is 2.35 bits per heavy atom. The molecule has 5 heterocycles. The summed E-state index contributed by atoms with van der Waals surface area (Å²) in [4.78, 5) is 144. The number of hydrogen-bond acceptors (Lipinski definition) is 12. The number of fused-ring (bicyclic) bond motifs is 2. The van der Waals surface area contributed by atoms with Crippen molar-refractivity contribution in [3.05, 3.63) is 105 Å². The first-order chi connectivity index (χ1) is 35.4. The third-order valence-electron chi connectivity index (χ3n) is 13.2. The fourth-order valence-electron chi connectivity index (χ4n) is 9.23. The minimum Gasteiger partial charge on any atom is -0.370 e.